The minimum absolute atomic E-state index is 0.631. The Bertz CT molecular complexity index is 1940. The normalized spacial score (nSPS) is 11.3. The Morgan fingerprint density at radius 1 is 0.667 bits per heavy atom. The number of hydrogen-bond acceptors (Lipinski definition) is 4. The van der Waals surface area contributed by atoms with Crippen molar-refractivity contribution in [3.63, 3.8) is 0 Å². The summed E-state index contributed by atoms with van der Waals surface area (Å²) in [6, 6.07) is 36.6. The van der Waals surface area contributed by atoms with Crippen LogP contribution in [0.2, 0.25) is 0 Å². The second kappa shape index (κ2) is 7.90. The van der Waals surface area contributed by atoms with Gasteiger partial charge in [-0.3, -0.25) is 4.98 Å². The van der Waals surface area contributed by atoms with E-state index in [0.717, 1.165) is 55.5 Å². The van der Waals surface area contributed by atoms with Crippen LogP contribution in [0.15, 0.2) is 109 Å². The van der Waals surface area contributed by atoms with E-state index < -0.39 is 0 Å². The molecule has 0 aliphatic carbocycles. The average Bonchev–Trinajstić information content (AvgIpc) is 3.52. The van der Waals surface area contributed by atoms with Crippen molar-refractivity contribution >= 4 is 32.8 Å². The van der Waals surface area contributed by atoms with Gasteiger partial charge in [-0.15, -0.1) is 5.10 Å². The minimum atomic E-state index is 0.631. The van der Waals surface area contributed by atoms with Crippen LogP contribution in [0.3, 0.4) is 0 Å². The average molecular weight is 463 g/mol. The lowest BCUT2D eigenvalue weighted by molar-refractivity contribution is 0.824. The van der Waals surface area contributed by atoms with Crippen molar-refractivity contribution in [2.24, 2.45) is 0 Å². The maximum atomic E-state index is 9.56. The molecule has 0 unspecified atom stereocenters. The molecule has 6 nitrogen and oxygen atoms in total. The van der Waals surface area contributed by atoms with Gasteiger partial charge in [0.2, 0.25) is 0 Å². The number of para-hydroxylation sites is 1. The van der Waals surface area contributed by atoms with E-state index in [1.165, 1.54) is 0 Å². The summed E-state index contributed by atoms with van der Waals surface area (Å²) >= 11 is 0. The number of benzene rings is 4. The molecule has 0 atom stereocenters. The second-order valence-electron chi connectivity index (χ2n) is 8.64. The Kier molecular flexibility index (Phi) is 4.41. The number of hydrogen-bond donors (Lipinski definition) is 0. The van der Waals surface area contributed by atoms with Crippen LogP contribution >= 0.6 is 0 Å². The molecule has 7 aromatic rings. The largest absolute Gasteiger partial charge is 0.309 e. The standard InChI is InChI=1S/C30H18N6/c31-19-20-9-12-28-24(16-20)25-17-21(26-8-4-5-15-32-26)10-13-29(25)35(28)23-11-14-30-27(18-23)33-34-36(30)22-6-2-1-3-7-22/h1-18H. The van der Waals surface area contributed by atoms with Crippen molar-refractivity contribution in [3.05, 3.63) is 115 Å². The van der Waals surface area contributed by atoms with Crippen molar-refractivity contribution in [2.45, 2.75) is 0 Å². The van der Waals surface area contributed by atoms with E-state index >= 15 is 0 Å². The van der Waals surface area contributed by atoms with E-state index in [1.807, 2.05) is 71.4 Å². The van der Waals surface area contributed by atoms with E-state index in [0.29, 0.717) is 5.56 Å². The van der Waals surface area contributed by atoms with Gasteiger partial charge < -0.3 is 4.57 Å². The molecule has 0 fully saturated rings. The number of aromatic nitrogens is 5. The maximum Gasteiger partial charge on any atom is 0.115 e. The van der Waals surface area contributed by atoms with Crippen molar-refractivity contribution in [3.8, 4) is 28.7 Å². The molecule has 0 saturated heterocycles. The molecule has 0 aliphatic rings. The molecule has 3 aromatic heterocycles. The first-order valence-electron chi connectivity index (χ1n) is 11.6. The molecule has 0 amide bonds. The van der Waals surface area contributed by atoms with Crippen LogP contribution < -0.4 is 0 Å². The first-order chi connectivity index (χ1) is 17.8. The van der Waals surface area contributed by atoms with Gasteiger partial charge in [-0.2, -0.15) is 5.26 Å². The molecule has 36 heavy (non-hydrogen) atoms. The van der Waals surface area contributed by atoms with Crippen molar-refractivity contribution in [1.29, 1.82) is 5.26 Å². The van der Waals surface area contributed by atoms with Crippen LogP contribution in [0.5, 0.6) is 0 Å². The molecule has 0 radical (unpaired) electrons. The summed E-state index contributed by atoms with van der Waals surface area (Å²) in [5, 5.41) is 20.5. The van der Waals surface area contributed by atoms with E-state index in [2.05, 4.69) is 62.3 Å². The summed E-state index contributed by atoms with van der Waals surface area (Å²) in [6.07, 6.45) is 1.80. The molecule has 3 heterocycles. The summed E-state index contributed by atoms with van der Waals surface area (Å²) in [5.74, 6) is 0. The lowest BCUT2D eigenvalue weighted by atomic mass is 10.1. The van der Waals surface area contributed by atoms with Gasteiger partial charge in [0.15, 0.2) is 0 Å². The smallest absolute Gasteiger partial charge is 0.115 e. The molecule has 168 valence electrons. The molecule has 0 saturated carbocycles. The lowest BCUT2D eigenvalue weighted by Gasteiger charge is -2.09. The van der Waals surface area contributed by atoms with Gasteiger partial charge in [0.1, 0.15) is 5.52 Å². The highest BCUT2D eigenvalue weighted by atomic mass is 15.4. The number of pyridine rings is 1. The quantitative estimate of drug-likeness (QED) is 0.302. The van der Waals surface area contributed by atoms with E-state index in [4.69, 9.17) is 0 Å². The second-order valence-corrected chi connectivity index (χ2v) is 8.64. The predicted molar refractivity (Wildman–Crippen MR) is 141 cm³/mol. The number of nitriles is 1. The number of nitrogens with zero attached hydrogens (tertiary/aromatic N) is 6. The van der Waals surface area contributed by atoms with E-state index in [1.54, 1.807) is 6.20 Å². The third-order valence-electron chi connectivity index (χ3n) is 6.54. The van der Waals surface area contributed by atoms with Gasteiger partial charge in [-0.05, 0) is 72.8 Å². The zero-order valence-electron chi connectivity index (χ0n) is 19.1. The van der Waals surface area contributed by atoms with Crippen LogP contribution in [0.25, 0.3) is 55.5 Å². The SMILES string of the molecule is N#Cc1ccc2c(c1)c1cc(-c3ccccn3)ccc1n2-c1ccc2c(c1)nnn2-c1ccccc1. The summed E-state index contributed by atoms with van der Waals surface area (Å²) in [6.45, 7) is 0. The fraction of sp³-hybridized carbons (Fsp3) is 0. The zero-order valence-corrected chi connectivity index (χ0v) is 19.1. The first-order valence-corrected chi connectivity index (χ1v) is 11.6. The molecule has 0 bridgehead atoms. The van der Waals surface area contributed by atoms with Gasteiger partial charge in [-0.1, -0.05) is 35.5 Å². The highest BCUT2D eigenvalue weighted by molar-refractivity contribution is 6.11. The van der Waals surface area contributed by atoms with Crippen LogP contribution in [-0.4, -0.2) is 24.5 Å². The van der Waals surface area contributed by atoms with Gasteiger partial charge in [0, 0.05) is 28.2 Å². The number of rotatable bonds is 3. The van der Waals surface area contributed by atoms with Gasteiger partial charge in [-0.25, -0.2) is 4.68 Å². The Morgan fingerprint density at radius 3 is 2.25 bits per heavy atom. The van der Waals surface area contributed by atoms with E-state index in [9.17, 15) is 5.26 Å². The lowest BCUT2D eigenvalue weighted by Crippen LogP contribution is -1.96. The van der Waals surface area contributed by atoms with Crippen LogP contribution in [0, 0.1) is 11.3 Å². The predicted octanol–water partition coefficient (Wildman–Crippen LogP) is 6.45. The molecule has 0 aliphatic heterocycles. The van der Waals surface area contributed by atoms with E-state index in [-0.39, 0.29) is 0 Å². The topological polar surface area (TPSA) is 72.3 Å². The Labute approximate surface area is 206 Å². The Hall–Kier alpha value is -5.28. The molecule has 4 aromatic carbocycles. The van der Waals surface area contributed by atoms with Crippen LogP contribution in [0.4, 0.5) is 0 Å². The number of fused-ring (bicyclic) bond motifs is 4. The minimum Gasteiger partial charge on any atom is -0.309 e. The van der Waals surface area contributed by atoms with Gasteiger partial charge >= 0.3 is 0 Å². The molecule has 7 rings (SSSR count). The third kappa shape index (κ3) is 3.07. The zero-order chi connectivity index (χ0) is 24.1. The molecular formula is C30H18N6. The maximum absolute atomic E-state index is 9.56. The summed E-state index contributed by atoms with van der Waals surface area (Å²) in [7, 11) is 0. The van der Waals surface area contributed by atoms with Crippen LogP contribution in [0.1, 0.15) is 5.56 Å². The Balaban J connectivity index is 1.47. The van der Waals surface area contributed by atoms with Gasteiger partial charge in [0.25, 0.3) is 0 Å². The molecule has 6 heteroatoms. The monoisotopic (exact) mass is 462 g/mol. The highest BCUT2D eigenvalue weighted by Gasteiger charge is 2.16. The summed E-state index contributed by atoms with van der Waals surface area (Å²) < 4.78 is 4.07. The fourth-order valence-electron chi connectivity index (χ4n) is 4.87. The van der Waals surface area contributed by atoms with Gasteiger partial charge in [0.05, 0.1) is 39.6 Å². The van der Waals surface area contributed by atoms with Crippen molar-refractivity contribution in [1.82, 2.24) is 24.5 Å². The molecule has 0 spiro atoms. The fourth-order valence-corrected chi connectivity index (χ4v) is 4.87. The van der Waals surface area contributed by atoms with Crippen molar-refractivity contribution in [2.75, 3.05) is 0 Å². The highest BCUT2D eigenvalue weighted by Crippen LogP contribution is 2.35. The third-order valence-corrected chi connectivity index (χ3v) is 6.54. The molecule has 0 N–H and O–H groups in total. The summed E-state index contributed by atoms with van der Waals surface area (Å²) in [5.41, 5.74) is 8.35. The Morgan fingerprint density at radius 2 is 1.44 bits per heavy atom. The van der Waals surface area contributed by atoms with Crippen LogP contribution in [-0.2, 0) is 0 Å². The first kappa shape index (κ1) is 20.1. The summed E-state index contributed by atoms with van der Waals surface area (Å²) in [4.78, 5) is 4.52. The molecular weight excluding hydrogens is 444 g/mol. The van der Waals surface area contributed by atoms with Crippen molar-refractivity contribution < 1.29 is 0 Å².